The van der Waals surface area contributed by atoms with E-state index in [0.717, 1.165) is 16.9 Å². The minimum atomic E-state index is 0.385. The summed E-state index contributed by atoms with van der Waals surface area (Å²) >= 11 is 1.81. The number of hydrogen-bond donors (Lipinski definition) is 1. The minimum Gasteiger partial charge on any atom is -0.423 e. The molecule has 17 heavy (non-hydrogen) atoms. The van der Waals surface area contributed by atoms with Crippen LogP contribution < -0.4 is 10.6 Å². The van der Waals surface area contributed by atoms with E-state index in [1.54, 1.807) is 0 Å². The molecular formula is C12H17N3OS. The van der Waals surface area contributed by atoms with Gasteiger partial charge in [0, 0.05) is 24.5 Å². The lowest BCUT2D eigenvalue weighted by Gasteiger charge is -2.21. The third-order valence-electron chi connectivity index (χ3n) is 2.77. The second-order valence-electron chi connectivity index (χ2n) is 4.14. The van der Waals surface area contributed by atoms with Crippen molar-refractivity contribution in [2.45, 2.75) is 13.0 Å². The van der Waals surface area contributed by atoms with Crippen molar-refractivity contribution in [2.24, 2.45) is 0 Å². The summed E-state index contributed by atoms with van der Waals surface area (Å²) in [5, 5.41) is 0. The molecule has 0 aliphatic heterocycles. The number of benzene rings is 1. The lowest BCUT2D eigenvalue weighted by atomic mass is 10.3. The summed E-state index contributed by atoms with van der Waals surface area (Å²) in [7, 11) is 1.99. The average molecular weight is 251 g/mol. The molecule has 5 heteroatoms. The number of oxazole rings is 1. The van der Waals surface area contributed by atoms with Crippen LogP contribution in [0.25, 0.3) is 11.1 Å². The Labute approximate surface area is 105 Å². The van der Waals surface area contributed by atoms with E-state index in [9.17, 15) is 0 Å². The Morgan fingerprint density at radius 2 is 2.29 bits per heavy atom. The summed E-state index contributed by atoms with van der Waals surface area (Å²) in [6, 6.07) is 6.54. The Morgan fingerprint density at radius 3 is 3.00 bits per heavy atom. The lowest BCUT2D eigenvalue weighted by molar-refractivity contribution is 0.563. The van der Waals surface area contributed by atoms with E-state index in [1.807, 2.05) is 41.9 Å². The highest BCUT2D eigenvalue weighted by Gasteiger charge is 2.15. The Hall–Kier alpha value is -1.36. The molecule has 2 rings (SSSR count). The first-order valence-corrected chi connectivity index (χ1v) is 6.89. The molecule has 0 bridgehead atoms. The maximum atomic E-state index is 5.72. The molecular weight excluding hydrogens is 234 g/mol. The standard InChI is InChI=1S/C12H17N3OS/c1-8(7-17-3)15(2)12-14-10-6-9(13)4-5-11(10)16-12/h4-6,8H,7,13H2,1-3H3. The molecule has 1 unspecified atom stereocenters. The van der Waals surface area contributed by atoms with Crippen LogP contribution in [0.2, 0.25) is 0 Å². The normalized spacial score (nSPS) is 12.9. The van der Waals surface area contributed by atoms with Crippen LogP contribution in [0.4, 0.5) is 11.7 Å². The summed E-state index contributed by atoms with van der Waals surface area (Å²) in [6.07, 6.45) is 2.09. The van der Waals surface area contributed by atoms with Gasteiger partial charge in [0.1, 0.15) is 5.52 Å². The van der Waals surface area contributed by atoms with Gasteiger partial charge in [-0.05, 0) is 31.4 Å². The largest absolute Gasteiger partial charge is 0.423 e. The van der Waals surface area contributed by atoms with Gasteiger partial charge in [-0.1, -0.05) is 0 Å². The molecule has 0 aliphatic rings. The van der Waals surface area contributed by atoms with E-state index in [2.05, 4.69) is 18.2 Å². The summed E-state index contributed by atoms with van der Waals surface area (Å²) in [6.45, 7) is 2.15. The fourth-order valence-electron chi connectivity index (χ4n) is 1.62. The van der Waals surface area contributed by atoms with Crippen molar-refractivity contribution in [2.75, 3.05) is 29.7 Å². The van der Waals surface area contributed by atoms with Crippen molar-refractivity contribution < 1.29 is 4.42 Å². The zero-order chi connectivity index (χ0) is 12.4. The predicted molar refractivity (Wildman–Crippen MR) is 74.7 cm³/mol. The predicted octanol–water partition coefficient (Wildman–Crippen LogP) is 2.60. The van der Waals surface area contributed by atoms with Crippen LogP contribution >= 0.6 is 11.8 Å². The molecule has 0 aliphatic carbocycles. The van der Waals surface area contributed by atoms with Crippen molar-refractivity contribution in [1.82, 2.24) is 4.98 Å². The molecule has 0 radical (unpaired) electrons. The minimum absolute atomic E-state index is 0.385. The molecule has 0 spiro atoms. The van der Waals surface area contributed by atoms with Gasteiger partial charge in [-0.15, -0.1) is 0 Å². The second-order valence-corrected chi connectivity index (χ2v) is 5.05. The quantitative estimate of drug-likeness (QED) is 0.846. The number of rotatable bonds is 4. The van der Waals surface area contributed by atoms with Gasteiger partial charge in [-0.3, -0.25) is 0 Å². The number of fused-ring (bicyclic) bond motifs is 1. The third kappa shape index (κ3) is 2.49. The first-order chi connectivity index (χ1) is 8.11. The average Bonchev–Trinajstić information content (AvgIpc) is 2.71. The summed E-state index contributed by atoms with van der Waals surface area (Å²) < 4.78 is 5.70. The van der Waals surface area contributed by atoms with E-state index in [-0.39, 0.29) is 0 Å². The van der Waals surface area contributed by atoms with Crippen molar-refractivity contribution >= 4 is 34.6 Å². The SMILES string of the molecule is CSCC(C)N(C)c1nc2cc(N)ccc2o1. The molecule has 92 valence electrons. The molecule has 1 aromatic heterocycles. The fourth-order valence-corrected chi connectivity index (χ4v) is 2.33. The number of hydrogen-bond acceptors (Lipinski definition) is 5. The smallest absolute Gasteiger partial charge is 0.298 e. The summed E-state index contributed by atoms with van der Waals surface area (Å²) in [5.41, 5.74) is 8.01. The Kier molecular flexibility index (Phi) is 3.47. The molecule has 4 nitrogen and oxygen atoms in total. The maximum Gasteiger partial charge on any atom is 0.298 e. The number of thioether (sulfide) groups is 1. The zero-order valence-corrected chi connectivity index (χ0v) is 11.1. The van der Waals surface area contributed by atoms with Crippen molar-refractivity contribution in [3.05, 3.63) is 18.2 Å². The highest BCUT2D eigenvalue weighted by atomic mass is 32.2. The van der Waals surface area contributed by atoms with E-state index >= 15 is 0 Å². The molecule has 0 saturated carbocycles. The van der Waals surface area contributed by atoms with Crippen LogP contribution in [-0.2, 0) is 0 Å². The molecule has 2 N–H and O–H groups in total. The van der Waals surface area contributed by atoms with Crippen LogP contribution in [0.15, 0.2) is 22.6 Å². The monoisotopic (exact) mass is 251 g/mol. The number of anilines is 2. The third-order valence-corrected chi connectivity index (χ3v) is 3.59. The number of nitrogen functional groups attached to an aromatic ring is 1. The van der Waals surface area contributed by atoms with E-state index in [1.165, 1.54) is 0 Å². The second kappa shape index (κ2) is 4.87. The Bertz CT molecular complexity index is 511. The molecule has 2 aromatic rings. The Balaban J connectivity index is 2.29. The van der Waals surface area contributed by atoms with Crippen molar-refractivity contribution in [3.8, 4) is 0 Å². The van der Waals surface area contributed by atoms with E-state index in [0.29, 0.717) is 17.7 Å². The maximum absolute atomic E-state index is 5.72. The van der Waals surface area contributed by atoms with Crippen LogP contribution in [0.1, 0.15) is 6.92 Å². The van der Waals surface area contributed by atoms with E-state index < -0.39 is 0 Å². The van der Waals surface area contributed by atoms with Gasteiger partial charge in [0.05, 0.1) is 0 Å². The van der Waals surface area contributed by atoms with Crippen LogP contribution in [0.5, 0.6) is 0 Å². The molecule has 0 fully saturated rings. The number of nitrogens with zero attached hydrogens (tertiary/aromatic N) is 2. The van der Waals surface area contributed by atoms with Gasteiger partial charge in [-0.25, -0.2) is 0 Å². The highest BCUT2D eigenvalue weighted by Crippen LogP contribution is 2.24. The van der Waals surface area contributed by atoms with Gasteiger partial charge in [-0.2, -0.15) is 16.7 Å². The van der Waals surface area contributed by atoms with E-state index in [4.69, 9.17) is 10.2 Å². The molecule has 1 aromatic carbocycles. The first kappa shape index (κ1) is 12.1. The van der Waals surface area contributed by atoms with Gasteiger partial charge in [0.15, 0.2) is 5.58 Å². The number of nitrogens with two attached hydrogens (primary N) is 1. The number of aromatic nitrogens is 1. The fraction of sp³-hybridized carbons (Fsp3) is 0.417. The molecule has 1 atom stereocenters. The van der Waals surface area contributed by atoms with Crippen molar-refractivity contribution in [1.29, 1.82) is 0 Å². The van der Waals surface area contributed by atoms with Gasteiger partial charge >= 0.3 is 0 Å². The lowest BCUT2D eigenvalue weighted by Crippen LogP contribution is -2.30. The Morgan fingerprint density at radius 1 is 1.53 bits per heavy atom. The van der Waals surface area contributed by atoms with Gasteiger partial charge < -0.3 is 15.1 Å². The van der Waals surface area contributed by atoms with Crippen LogP contribution in [0.3, 0.4) is 0 Å². The van der Waals surface area contributed by atoms with Crippen LogP contribution in [0, 0.1) is 0 Å². The molecule has 0 saturated heterocycles. The van der Waals surface area contributed by atoms with Crippen molar-refractivity contribution in [3.63, 3.8) is 0 Å². The molecule has 1 heterocycles. The van der Waals surface area contributed by atoms with Gasteiger partial charge in [0.2, 0.25) is 0 Å². The molecule has 0 amide bonds. The summed E-state index contributed by atoms with van der Waals surface area (Å²) in [5.74, 6) is 1.04. The zero-order valence-electron chi connectivity index (χ0n) is 10.3. The summed E-state index contributed by atoms with van der Waals surface area (Å²) in [4.78, 5) is 6.50. The van der Waals surface area contributed by atoms with Crippen LogP contribution in [-0.4, -0.2) is 30.1 Å². The van der Waals surface area contributed by atoms with Gasteiger partial charge in [0.25, 0.3) is 6.01 Å². The first-order valence-electron chi connectivity index (χ1n) is 5.49. The highest BCUT2D eigenvalue weighted by molar-refractivity contribution is 7.98. The topological polar surface area (TPSA) is 55.3 Å².